The maximum atomic E-state index is 10.1. The van der Waals surface area contributed by atoms with Crippen molar-refractivity contribution in [3.05, 3.63) is 28.8 Å². The molecule has 0 aliphatic heterocycles. The zero-order valence-electron chi connectivity index (χ0n) is 12.5. The lowest BCUT2D eigenvalue weighted by Crippen LogP contribution is -2.20. The van der Waals surface area contributed by atoms with Gasteiger partial charge in [0.25, 0.3) is 0 Å². The van der Waals surface area contributed by atoms with E-state index in [4.69, 9.17) is 0 Å². The number of benzene rings is 1. The molecule has 2 N–H and O–H groups in total. The van der Waals surface area contributed by atoms with Crippen molar-refractivity contribution in [2.45, 2.75) is 64.8 Å². The quantitative estimate of drug-likeness (QED) is 0.743. The number of phenols is 1. The van der Waals surface area contributed by atoms with Crippen LogP contribution in [0.2, 0.25) is 0 Å². The summed E-state index contributed by atoms with van der Waals surface area (Å²) in [6, 6.07) is 4.22. The average molecular weight is 261 g/mol. The van der Waals surface area contributed by atoms with Gasteiger partial charge in [-0.05, 0) is 49.4 Å². The Bertz CT molecular complexity index is 428. The Morgan fingerprint density at radius 2 is 2.00 bits per heavy atom. The van der Waals surface area contributed by atoms with Crippen molar-refractivity contribution in [3.8, 4) is 5.75 Å². The van der Waals surface area contributed by atoms with Crippen LogP contribution in [0.1, 0.15) is 74.6 Å². The molecule has 0 saturated heterocycles. The van der Waals surface area contributed by atoms with E-state index in [2.05, 4.69) is 26.1 Å². The van der Waals surface area contributed by atoms with E-state index in [-0.39, 0.29) is 0 Å². The summed E-state index contributed by atoms with van der Waals surface area (Å²) in [5, 5.41) is 13.8. The molecule has 0 amide bonds. The van der Waals surface area contributed by atoms with E-state index >= 15 is 0 Å². The zero-order chi connectivity index (χ0) is 13.8. The minimum Gasteiger partial charge on any atom is -0.508 e. The third-order valence-electron chi connectivity index (χ3n) is 4.33. The van der Waals surface area contributed by atoms with Gasteiger partial charge in [-0.1, -0.05) is 39.2 Å². The fraction of sp³-hybridized carbons (Fsp3) is 0.647. The lowest BCUT2D eigenvalue weighted by molar-refractivity contribution is 0.442. The third-order valence-corrected chi connectivity index (χ3v) is 4.33. The monoisotopic (exact) mass is 261 g/mol. The number of rotatable bonds is 6. The standard InChI is InChI=1S/C17H27NO/c1-4-5-6-7-10-18-14-11-13(3)16-12(2)8-9-15(19)17(14)16/h8-9,13-14,18-19H,4-7,10-11H2,1-3H3. The fourth-order valence-electron chi connectivity index (χ4n) is 3.36. The van der Waals surface area contributed by atoms with Gasteiger partial charge in [-0.15, -0.1) is 0 Å². The fourth-order valence-corrected chi connectivity index (χ4v) is 3.36. The predicted octanol–water partition coefficient (Wildman–Crippen LogP) is 4.42. The van der Waals surface area contributed by atoms with Crippen molar-refractivity contribution in [3.63, 3.8) is 0 Å². The SMILES string of the molecule is CCCCCCNC1CC(C)c2c(C)ccc(O)c21. The van der Waals surface area contributed by atoms with Gasteiger partial charge < -0.3 is 10.4 Å². The van der Waals surface area contributed by atoms with E-state index < -0.39 is 0 Å². The van der Waals surface area contributed by atoms with Gasteiger partial charge in [0.05, 0.1) is 0 Å². The van der Waals surface area contributed by atoms with Crippen LogP contribution in [0.15, 0.2) is 12.1 Å². The van der Waals surface area contributed by atoms with Crippen LogP contribution in [-0.2, 0) is 0 Å². The molecular weight excluding hydrogens is 234 g/mol. The largest absolute Gasteiger partial charge is 0.508 e. The van der Waals surface area contributed by atoms with E-state index in [1.165, 1.54) is 36.8 Å². The van der Waals surface area contributed by atoms with E-state index in [0.29, 0.717) is 17.7 Å². The summed E-state index contributed by atoms with van der Waals surface area (Å²) in [6.07, 6.45) is 6.26. The summed E-state index contributed by atoms with van der Waals surface area (Å²) in [6.45, 7) is 7.72. The number of hydrogen-bond donors (Lipinski definition) is 2. The highest BCUT2D eigenvalue weighted by molar-refractivity contribution is 5.50. The van der Waals surface area contributed by atoms with Crippen LogP contribution in [0, 0.1) is 6.92 Å². The molecule has 0 radical (unpaired) electrons. The molecule has 2 unspecified atom stereocenters. The van der Waals surface area contributed by atoms with Crippen molar-refractivity contribution in [1.29, 1.82) is 0 Å². The highest BCUT2D eigenvalue weighted by Crippen LogP contribution is 2.45. The third kappa shape index (κ3) is 3.11. The Kier molecular flexibility index (Phi) is 4.87. The number of phenolic OH excluding ortho intramolecular Hbond substituents is 1. The zero-order valence-corrected chi connectivity index (χ0v) is 12.5. The maximum absolute atomic E-state index is 10.1. The van der Waals surface area contributed by atoms with Gasteiger partial charge in [0.15, 0.2) is 0 Å². The van der Waals surface area contributed by atoms with Crippen molar-refractivity contribution < 1.29 is 5.11 Å². The van der Waals surface area contributed by atoms with Gasteiger partial charge in [0.2, 0.25) is 0 Å². The van der Waals surface area contributed by atoms with Crippen LogP contribution < -0.4 is 5.32 Å². The van der Waals surface area contributed by atoms with Crippen LogP contribution in [-0.4, -0.2) is 11.7 Å². The molecule has 2 rings (SSSR count). The Morgan fingerprint density at radius 3 is 2.74 bits per heavy atom. The van der Waals surface area contributed by atoms with Gasteiger partial charge in [0.1, 0.15) is 5.75 Å². The second kappa shape index (κ2) is 6.42. The predicted molar refractivity (Wildman–Crippen MR) is 80.8 cm³/mol. The summed E-state index contributed by atoms with van der Waals surface area (Å²) >= 11 is 0. The van der Waals surface area contributed by atoms with Gasteiger partial charge in [-0.2, -0.15) is 0 Å². The molecule has 1 aliphatic carbocycles. The highest BCUT2D eigenvalue weighted by atomic mass is 16.3. The van der Waals surface area contributed by atoms with Crippen molar-refractivity contribution in [2.24, 2.45) is 0 Å². The van der Waals surface area contributed by atoms with E-state index in [9.17, 15) is 5.11 Å². The molecule has 106 valence electrons. The average Bonchev–Trinajstić information content (AvgIpc) is 2.72. The van der Waals surface area contributed by atoms with Crippen molar-refractivity contribution >= 4 is 0 Å². The number of fused-ring (bicyclic) bond motifs is 1. The molecule has 2 heteroatoms. The lowest BCUT2D eigenvalue weighted by atomic mass is 9.97. The molecule has 0 bridgehead atoms. The molecule has 0 aromatic heterocycles. The first-order valence-corrected chi connectivity index (χ1v) is 7.70. The van der Waals surface area contributed by atoms with Gasteiger partial charge in [-0.25, -0.2) is 0 Å². The van der Waals surface area contributed by atoms with Crippen LogP contribution in [0.4, 0.5) is 0 Å². The van der Waals surface area contributed by atoms with Crippen molar-refractivity contribution in [1.82, 2.24) is 5.32 Å². The van der Waals surface area contributed by atoms with Crippen LogP contribution >= 0.6 is 0 Å². The molecule has 0 heterocycles. The highest BCUT2D eigenvalue weighted by Gasteiger charge is 2.31. The topological polar surface area (TPSA) is 32.3 Å². The number of nitrogens with one attached hydrogen (secondary N) is 1. The first kappa shape index (κ1) is 14.4. The molecule has 0 spiro atoms. The Morgan fingerprint density at radius 1 is 1.21 bits per heavy atom. The molecule has 1 aromatic rings. The van der Waals surface area contributed by atoms with E-state index in [1.54, 1.807) is 0 Å². The second-order valence-electron chi connectivity index (χ2n) is 5.93. The maximum Gasteiger partial charge on any atom is 0.120 e. The van der Waals surface area contributed by atoms with Gasteiger partial charge >= 0.3 is 0 Å². The van der Waals surface area contributed by atoms with E-state index in [1.807, 2.05) is 12.1 Å². The molecule has 19 heavy (non-hydrogen) atoms. The van der Waals surface area contributed by atoms with Crippen LogP contribution in [0.3, 0.4) is 0 Å². The second-order valence-corrected chi connectivity index (χ2v) is 5.93. The summed E-state index contributed by atoms with van der Waals surface area (Å²) < 4.78 is 0. The lowest BCUT2D eigenvalue weighted by Gasteiger charge is -2.15. The van der Waals surface area contributed by atoms with Crippen LogP contribution in [0.5, 0.6) is 5.75 Å². The smallest absolute Gasteiger partial charge is 0.120 e. The number of hydrogen-bond acceptors (Lipinski definition) is 2. The Labute approximate surface area is 117 Å². The summed E-state index contributed by atoms with van der Waals surface area (Å²) in [4.78, 5) is 0. The molecule has 0 saturated carbocycles. The van der Waals surface area contributed by atoms with Crippen LogP contribution in [0.25, 0.3) is 0 Å². The first-order chi connectivity index (χ1) is 9.15. The number of aryl methyl sites for hydroxylation is 1. The summed E-state index contributed by atoms with van der Waals surface area (Å²) in [7, 11) is 0. The molecular formula is C17H27NO. The molecule has 2 nitrogen and oxygen atoms in total. The van der Waals surface area contributed by atoms with E-state index in [0.717, 1.165) is 18.5 Å². The molecule has 2 atom stereocenters. The van der Waals surface area contributed by atoms with Gasteiger partial charge in [-0.3, -0.25) is 0 Å². The Balaban J connectivity index is 2.01. The summed E-state index contributed by atoms with van der Waals surface area (Å²) in [5.74, 6) is 1.02. The van der Waals surface area contributed by atoms with Crippen molar-refractivity contribution in [2.75, 3.05) is 6.54 Å². The minimum absolute atomic E-state index is 0.339. The summed E-state index contributed by atoms with van der Waals surface area (Å²) in [5.41, 5.74) is 3.84. The normalized spacial score (nSPS) is 21.6. The first-order valence-electron chi connectivity index (χ1n) is 7.70. The molecule has 1 aliphatic rings. The molecule has 1 aromatic carbocycles. The number of unbranched alkanes of at least 4 members (excludes halogenated alkanes) is 3. The Hall–Kier alpha value is -1.02. The van der Waals surface area contributed by atoms with Gasteiger partial charge in [0, 0.05) is 11.6 Å². The number of aromatic hydroxyl groups is 1. The molecule has 0 fully saturated rings. The minimum atomic E-state index is 0.339.